The number of nitrogens with one attached hydrogen (secondary N) is 2. The van der Waals surface area contributed by atoms with Crippen molar-refractivity contribution >= 4 is 23.2 Å². The number of aryl methyl sites for hydroxylation is 2. The van der Waals surface area contributed by atoms with Gasteiger partial charge in [0.2, 0.25) is 5.91 Å². The number of ether oxygens (including phenoxy) is 1. The Hall–Kier alpha value is -3.09. The zero-order valence-electron chi connectivity index (χ0n) is 17.0. The maximum atomic E-state index is 13.4. The summed E-state index contributed by atoms with van der Waals surface area (Å²) in [7, 11) is 0. The predicted molar refractivity (Wildman–Crippen MR) is 113 cm³/mol. The first-order valence-electron chi connectivity index (χ1n) is 10.3. The molecule has 1 fully saturated rings. The molecule has 2 aliphatic heterocycles. The smallest absolute Gasteiger partial charge is 0.258 e. The van der Waals surface area contributed by atoms with Crippen LogP contribution in [-0.4, -0.2) is 37.6 Å². The molecule has 0 radical (unpaired) electrons. The third-order valence-electron chi connectivity index (χ3n) is 5.63. The van der Waals surface area contributed by atoms with Crippen molar-refractivity contribution in [1.82, 2.24) is 5.32 Å². The molecule has 1 atom stereocenters. The van der Waals surface area contributed by atoms with Gasteiger partial charge in [0.1, 0.15) is 11.6 Å². The van der Waals surface area contributed by atoms with Crippen molar-refractivity contribution in [1.29, 1.82) is 0 Å². The molecule has 0 spiro atoms. The van der Waals surface area contributed by atoms with Crippen LogP contribution in [0, 0.1) is 12.7 Å². The van der Waals surface area contributed by atoms with Crippen LogP contribution in [0.15, 0.2) is 36.4 Å². The third-order valence-corrected chi connectivity index (χ3v) is 5.63. The van der Waals surface area contributed by atoms with Crippen LogP contribution in [0.3, 0.4) is 0 Å². The Morgan fingerprint density at radius 2 is 2.13 bits per heavy atom. The van der Waals surface area contributed by atoms with Crippen molar-refractivity contribution in [3.63, 3.8) is 0 Å². The molecule has 7 heteroatoms. The van der Waals surface area contributed by atoms with E-state index in [-0.39, 0.29) is 30.3 Å². The Morgan fingerprint density at radius 3 is 2.97 bits per heavy atom. The Morgan fingerprint density at radius 1 is 1.27 bits per heavy atom. The number of benzene rings is 2. The summed E-state index contributed by atoms with van der Waals surface area (Å²) < 4.78 is 19.1. The topological polar surface area (TPSA) is 70.7 Å². The number of halogens is 1. The van der Waals surface area contributed by atoms with Crippen LogP contribution in [0.5, 0.6) is 5.75 Å². The molecule has 1 saturated heterocycles. The first kappa shape index (κ1) is 20.2. The summed E-state index contributed by atoms with van der Waals surface area (Å²) in [4.78, 5) is 26.1. The van der Waals surface area contributed by atoms with Gasteiger partial charge in [0.15, 0.2) is 6.61 Å². The van der Waals surface area contributed by atoms with E-state index in [0.717, 1.165) is 41.9 Å². The molecule has 0 aromatic heterocycles. The first-order chi connectivity index (χ1) is 14.5. The number of hydrogen-bond donors (Lipinski definition) is 2. The lowest BCUT2D eigenvalue weighted by Gasteiger charge is -2.35. The lowest BCUT2D eigenvalue weighted by atomic mass is 10.0. The van der Waals surface area contributed by atoms with E-state index in [1.54, 1.807) is 12.1 Å². The van der Waals surface area contributed by atoms with Gasteiger partial charge in [-0.25, -0.2) is 4.39 Å². The minimum absolute atomic E-state index is 0.0212. The van der Waals surface area contributed by atoms with Crippen molar-refractivity contribution in [3.8, 4) is 5.75 Å². The van der Waals surface area contributed by atoms with Crippen molar-refractivity contribution < 1.29 is 18.7 Å². The molecule has 30 heavy (non-hydrogen) atoms. The van der Waals surface area contributed by atoms with Crippen LogP contribution in [0.2, 0.25) is 0 Å². The van der Waals surface area contributed by atoms with Crippen molar-refractivity contribution in [2.24, 2.45) is 0 Å². The molecule has 2 amide bonds. The van der Waals surface area contributed by atoms with E-state index in [2.05, 4.69) is 15.5 Å². The summed E-state index contributed by atoms with van der Waals surface area (Å²) in [6, 6.07) is 10.3. The fourth-order valence-electron chi connectivity index (χ4n) is 4.16. The number of carbonyl (C=O) groups is 2. The Balaban J connectivity index is 1.30. The van der Waals surface area contributed by atoms with Gasteiger partial charge in [-0.3, -0.25) is 9.59 Å². The molecule has 0 bridgehead atoms. The average molecular weight is 411 g/mol. The number of rotatable bonds is 5. The van der Waals surface area contributed by atoms with E-state index in [0.29, 0.717) is 25.1 Å². The molecule has 2 aromatic carbocycles. The molecule has 0 aliphatic carbocycles. The number of carbonyl (C=O) groups excluding carboxylic acids is 2. The van der Waals surface area contributed by atoms with Gasteiger partial charge in [0.05, 0.1) is 0 Å². The van der Waals surface area contributed by atoms with Crippen LogP contribution in [-0.2, 0) is 16.0 Å². The second kappa shape index (κ2) is 8.73. The lowest BCUT2D eigenvalue weighted by molar-refractivity contribution is -0.123. The number of nitrogens with zero attached hydrogens (tertiary/aromatic N) is 1. The zero-order valence-corrected chi connectivity index (χ0v) is 17.0. The number of piperidine rings is 1. The standard InChI is InChI=1S/C23H26FN3O3/c1-15-11-17(24)5-8-21(15)27-10-2-3-18(13-27)25-23(29)14-30-19-6-7-20-16(12-19)4-9-22(28)26-20/h5-8,11-12,18H,2-4,9-10,13-14H2,1H3,(H,25,29)(H,26,28). The average Bonchev–Trinajstić information content (AvgIpc) is 2.72. The molecule has 158 valence electrons. The second-order valence-electron chi connectivity index (χ2n) is 7.94. The van der Waals surface area contributed by atoms with Crippen molar-refractivity contribution in [3.05, 3.63) is 53.3 Å². The number of hydrogen-bond acceptors (Lipinski definition) is 4. The van der Waals surface area contributed by atoms with E-state index in [4.69, 9.17) is 4.74 Å². The highest BCUT2D eigenvalue weighted by atomic mass is 19.1. The highest BCUT2D eigenvalue weighted by Gasteiger charge is 2.23. The van der Waals surface area contributed by atoms with E-state index in [1.807, 2.05) is 19.1 Å². The van der Waals surface area contributed by atoms with Gasteiger partial charge in [0.25, 0.3) is 5.91 Å². The van der Waals surface area contributed by atoms with Crippen LogP contribution in [0.25, 0.3) is 0 Å². The summed E-state index contributed by atoms with van der Waals surface area (Å²) in [5, 5.41) is 5.88. The molecule has 2 aromatic rings. The molecule has 2 heterocycles. The molecule has 6 nitrogen and oxygen atoms in total. The van der Waals surface area contributed by atoms with Gasteiger partial charge in [0, 0.05) is 36.9 Å². The summed E-state index contributed by atoms with van der Waals surface area (Å²) >= 11 is 0. The van der Waals surface area contributed by atoms with Crippen molar-refractivity contribution in [2.45, 2.75) is 38.6 Å². The van der Waals surface area contributed by atoms with Gasteiger partial charge >= 0.3 is 0 Å². The van der Waals surface area contributed by atoms with Crippen LogP contribution < -0.4 is 20.3 Å². The highest BCUT2D eigenvalue weighted by molar-refractivity contribution is 5.94. The first-order valence-corrected chi connectivity index (χ1v) is 10.3. The number of amides is 2. The van der Waals surface area contributed by atoms with E-state index in [1.165, 1.54) is 12.1 Å². The molecular weight excluding hydrogens is 385 g/mol. The molecule has 2 N–H and O–H groups in total. The van der Waals surface area contributed by atoms with Gasteiger partial charge in [-0.2, -0.15) is 0 Å². The van der Waals surface area contributed by atoms with Gasteiger partial charge in [-0.1, -0.05) is 0 Å². The normalized spacial score (nSPS) is 18.4. The van der Waals surface area contributed by atoms with E-state index < -0.39 is 0 Å². The highest BCUT2D eigenvalue weighted by Crippen LogP contribution is 2.27. The van der Waals surface area contributed by atoms with Crippen LogP contribution in [0.1, 0.15) is 30.4 Å². The molecule has 4 rings (SSSR count). The van der Waals surface area contributed by atoms with Gasteiger partial charge in [-0.15, -0.1) is 0 Å². The SMILES string of the molecule is Cc1cc(F)ccc1N1CCCC(NC(=O)COc2ccc3c(c2)CCC(=O)N3)C1. The minimum Gasteiger partial charge on any atom is -0.484 e. The maximum absolute atomic E-state index is 13.4. The fourth-order valence-corrected chi connectivity index (χ4v) is 4.16. The number of fused-ring (bicyclic) bond motifs is 1. The summed E-state index contributed by atoms with van der Waals surface area (Å²) in [5.74, 6) is 0.240. The largest absolute Gasteiger partial charge is 0.484 e. The van der Waals surface area contributed by atoms with Crippen LogP contribution >= 0.6 is 0 Å². The molecular formula is C23H26FN3O3. The minimum atomic E-state index is -0.236. The van der Waals surface area contributed by atoms with E-state index >= 15 is 0 Å². The molecule has 0 saturated carbocycles. The second-order valence-corrected chi connectivity index (χ2v) is 7.94. The van der Waals surface area contributed by atoms with E-state index in [9.17, 15) is 14.0 Å². The summed E-state index contributed by atoms with van der Waals surface area (Å²) in [5.41, 5.74) is 3.73. The number of anilines is 2. The van der Waals surface area contributed by atoms with Gasteiger partial charge in [-0.05, 0) is 73.7 Å². The summed E-state index contributed by atoms with van der Waals surface area (Å²) in [6.45, 7) is 3.42. The Kier molecular flexibility index (Phi) is 5.88. The molecule has 1 unspecified atom stereocenters. The Bertz CT molecular complexity index is 963. The quantitative estimate of drug-likeness (QED) is 0.793. The predicted octanol–water partition coefficient (Wildman–Crippen LogP) is 3.18. The summed E-state index contributed by atoms with van der Waals surface area (Å²) in [6.07, 6.45) is 2.99. The third kappa shape index (κ3) is 4.72. The van der Waals surface area contributed by atoms with Gasteiger partial charge < -0.3 is 20.3 Å². The zero-order chi connectivity index (χ0) is 21.1. The Labute approximate surface area is 175 Å². The monoisotopic (exact) mass is 411 g/mol. The van der Waals surface area contributed by atoms with Crippen LogP contribution in [0.4, 0.5) is 15.8 Å². The maximum Gasteiger partial charge on any atom is 0.258 e. The fraction of sp³-hybridized carbons (Fsp3) is 0.391. The van der Waals surface area contributed by atoms with Crippen molar-refractivity contribution in [2.75, 3.05) is 29.9 Å². The lowest BCUT2D eigenvalue weighted by Crippen LogP contribution is -2.49. The molecule has 2 aliphatic rings.